The lowest BCUT2D eigenvalue weighted by Crippen LogP contribution is -2.48. The van der Waals surface area contributed by atoms with Crippen LogP contribution in [-0.2, 0) is 22.6 Å². The molecule has 3 aliphatic rings. The normalized spacial score (nSPS) is 21.9. The minimum Gasteiger partial charge on any atom is -0.454 e. The molecule has 2 saturated heterocycles. The summed E-state index contributed by atoms with van der Waals surface area (Å²) in [6.45, 7) is 9.65. The summed E-state index contributed by atoms with van der Waals surface area (Å²) in [6, 6.07) is 7.63. The van der Waals surface area contributed by atoms with E-state index in [1.54, 1.807) is 22.5 Å². The Morgan fingerprint density at radius 1 is 1.18 bits per heavy atom. The van der Waals surface area contributed by atoms with Gasteiger partial charge in [-0.15, -0.1) is 0 Å². The van der Waals surface area contributed by atoms with Crippen LogP contribution < -0.4 is 19.9 Å². The zero-order valence-corrected chi connectivity index (χ0v) is 23.3. The first-order valence-corrected chi connectivity index (χ1v) is 13.7. The van der Waals surface area contributed by atoms with Crippen LogP contribution in [-0.4, -0.2) is 51.8 Å². The SMILES string of the molecule is CCn1c(N2CC(C)OC(C)C2)c(/C=C2\SC(=S)N(Cc3ccc4c(c3)OCO4)C2=O)c(C)c(C#N)c1=O. The van der Waals surface area contributed by atoms with Crippen molar-refractivity contribution in [2.24, 2.45) is 0 Å². The smallest absolute Gasteiger partial charge is 0.270 e. The molecule has 1 amide bonds. The number of pyridine rings is 1. The highest BCUT2D eigenvalue weighted by atomic mass is 32.2. The van der Waals surface area contributed by atoms with E-state index in [2.05, 4.69) is 11.0 Å². The highest BCUT2D eigenvalue weighted by Crippen LogP contribution is 2.38. The Morgan fingerprint density at radius 2 is 1.89 bits per heavy atom. The first-order chi connectivity index (χ1) is 18.2. The number of carbonyl (C=O) groups excluding carboxylic acids is 1. The lowest BCUT2D eigenvalue weighted by Gasteiger charge is -2.39. The third-order valence-corrected chi connectivity index (χ3v) is 8.19. The fourth-order valence-corrected chi connectivity index (χ4v) is 6.36. The highest BCUT2D eigenvalue weighted by Gasteiger charge is 2.34. The average Bonchev–Trinajstić information content (AvgIpc) is 3.44. The zero-order valence-electron chi connectivity index (χ0n) is 21.6. The Labute approximate surface area is 230 Å². The van der Waals surface area contributed by atoms with Crippen molar-refractivity contribution in [3.63, 3.8) is 0 Å². The molecule has 38 heavy (non-hydrogen) atoms. The van der Waals surface area contributed by atoms with E-state index in [9.17, 15) is 14.9 Å². The summed E-state index contributed by atoms with van der Waals surface area (Å²) in [4.78, 5) is 30.9. The van der Waals surface area contributed by atoms with Crippen molar-refractivity contribution in [1.29, 1.82) is 5.26 Å². The van der Waals surface area contributed by atoms with Crippen molar-refractivity contribution < 1.29 is 19.0 Å². The zero-order chi connectivity index (χ0) is 27.1. The molecule has 0 radical (unpaired) electrons. The van der Waals surface area contributed by atoms with E-state index >= 15 is 0 Å². The molecule has 2 aromatic rings. The van der Waals surface area contributed by atoms with Crippen LogP contribution in [0.25, 0.3) is 6.08 Å². The summed E-state index contributed by atoms with van der Waals surface area (Å²) in [5.74, 6) is 1.79. The molecule has 3 aliphatic heterocycles. The Hall–Kier alpha value is -3.33. The van der Waals surface area contributed by atoms with Gasteiger partial charge in [0.15, 0.2) is 11.5 Å². The number of thiocarbonyl (C=S) groups is 1. The molecule has 9 nitrogen and oxygen atoms in total. The van der Waals surface area contributed by atoms with E-state index in [1.165, 1.54) is 11.8 Å². The van der Waals surface area contributed by atoms with Crippen molar-refractivity contribution in [1.82, 2.24) is 9.47 Å². The van der Waals surface area contributed by atoms with E-state index in [-0.39, 0.29) is 36.0 Å². The number of aromatic nitrogens is 1. The van der Waals surface area contributed by atoms with Crippen LogP contribution in [0.3, 0.4) is 0 Å². The fraction of sp³-hybridized carbons (Fsp3) is 0.407. The monoisotopic (exact) mass is 552 g/mol. The number of thioether (sulfide) groups is 1. The Balaban J connectivity index is 1.56. The fourth-order valence-electron chi connectivity index (χ4n) is 5.12. The van der Waals surface area contributed by atoms with Crippen LogP contribution in [0.15, 0.2) is 27.9 Å². The Morgan fingerprint density at radius 3 is 2.58 bits per heavy atom. The van der Waals surface area contributed by atoms with Gasteiger partial charge in [0.1, 0.15) is 21.8 Å². The number of carbonyl (C=O) groups is 1. The van der Waals surface area contributed by atoms with Crippen LogP contribution in [0.4, 0.5) is 5.82 Å². The number of nitriles is 1. The maximum Gasteiger partial charge on any atom is 0.270 e. The molecule has 0 N–H and O–H groups in total. The van der Waals surface area contributed by atoms with Crippen LogP contribution in [0.1, 0.15) is 43.0 Å². The second-order valence-electron chi connectivity index (χ2n) is 9.52. The second-order valence-corrected chi connectivity index (χ2v) is 11.2. The summed E-state index contributed by atoms with van der Waals surface area (Å²) in [7, 11) is 0. The van der Waals surface area contributed by atoms with E-state index in [0.717, 1.165) is 5.56 Å². The van der Waals surface area contributed by atoms with Crippen LogP contribution in [0, 0.1) is 18.3 Å². The molecule has 1 aromatic carbocycles. The number of hydrogen-bond donors (Lipinski definition) is 0. The van der Waals surface area contributed by atoms with Gasteiger partial charge in [-0.3, -0.25) is 19.1 Å². The molecular weight excluding hydrogens is 524 g/mol. The molecule has 0 bridgehead atoms. The number of morpholine rings is 1. The lowest BCUT2D eigenvalue weighted by molar-refractivity contribution is -0.122. The van der Waals surface area contributed by atoms with Gasteiger partial charge in [0.05, 0.1) is 23.7 Å². The van der Waals surface area contributed by atoms with Gasteiger partial charge in [0.25, 0.3) is 11.5 Å². The number of benzene rings is 1. The third kappa shape index (κ3) is 4.68. The first-order valence-electron chi connectivity index (χ1n) is 12.4. The topological polar surface area (TPSA) is 97.0 Å². The van der Waals surface area contributed by atoms with E-state index in [4.69, 9.17) is 26.4 Å². The van der Waals surface area contributed by atoms with Crippen molar-refractivity contribution in [3.8, 4) is 17.6 Å². The molecule has 4 heterocycles. The minimum absolute atomic E-state index is 0.0390. The summed E-state index contributed by atoms with van der Waals surface area (Å²) in [5.41, 5.74) is 1.83. The summed E-state index contributed by atoms with van der Waals surface area (Å²) >= 11 is 6.80. The van der Waals surface area contributed by atoms with E-state index in [0.29, 0.717) is 63.8 Å². The summed E-state index contributed by atoms with van der Waals surface area (Å²) < 4.78 is 18.8. The number of nitrogens with zero attached hydrogens (tertiary/aromatic N) is 4. The summed E-state index contributed by atoms with van der Waals surface area (Å²) in [5, 5.41) is 9.82. The van der Waals surface area contributed by atoms with Crippen LogP contribution in [0.2, 0.25) is 0 Å². The summed E-state index contributed by atoms with van der Waals surface area (Å²) in [6.07, 6.45) is 1.70. The van der Waals surface area contributed by atoms with Crippen LogP contribution >= 0.6 is 24.0 Å². The molecule has 198 valence electrons. The molecule has 2 atom stereocenters. The highest BCUT2D eigenvalue weighted by molar-refractivity contribution is 8.26. The molecule has 0 saturated carbocycles. The molecule has 2 unspecified atom stereocenters. The quantitative estimate of drug-likeness (QED) is 0.405. The maximum absolute atomic E-state index is 13.6. The number of fused-ring (bicyclic) bond motifs is 1. The number of ether oxygens (including phenoxy) is 3. The second kappa shape index (κ2) is 10.4. The van der Waals surface area contributed by atoms with Crippen molar-refractivity contribution in [2.45, 2.75) is 53.0 Å². The van der Waals surface area contributed by atoms with Gasteiger partial charge >= 0.3 is 0 Å². The third-order valence-electron chi connectivity index (χ3n) is 6.81. The molecule has 1 aromatic heterocycles. The van der Waals surface area contributed by atoms with Gasteiger partial charge in [-0.25, -0.2) is 0 Å². The maximum atomic E-state index is 13.6. The molecular formula is C27H28N4O5S2. The standard InChI is InChI=1S/C27H28N4O5S2/c1-5-30-24(29-11-15(2)36-16(3)12-29)19(17(4)20(10-28)25(30)32)9-23-26(33)31(27(37)38-23)13-18-6-7-21-22(8-18)35-14-34-21/h6-9,15-16H,5,11-14H2,1-4H3/b23-9-. The Kier molecular flexibility index (Phi) is 7.22. The van der Waals surface area contributed by atoms with Crippen LogP contribution in [0.5, 0.6) is 11.5 Å². The average molecular weight is 553 g/mol. The molecule has 2 fully saturated rings. The minimum atomic E-state index is -0.332. The number of hydrogen-bond acceptors (Lipinski definition) is 9. The van der Waals surface area contributed by atoms with Gasteiger partial charge in [-0.2, -0.15) is 5.26 Å². The van der Waals surface area contributed by atoms with Crippen molar-refractivity contribution in [3.05, 3.63) is 55.7 Å². The van der Waals surface area contributed by atoms with Gasteiger partial charge in [-0.05, 0) is 57.0 Å². The van der Waals surface area contributed by atoms with Gasteiger partial charge in [0.2, 0.25) is 6.79 Å². The lowest BCUT2D eigenvalue weighted by atomic mass is 10.0. The first kappa shape index (κ1) is 26.3. The van der Waals surface area contributed by atoms with Crippen molar-refractivity contribution >= 4 is 46.1 Å². The number of rotatable bonds is 5. The number of anilines is 1. The largest absolute Gasteiger partial charge is 0.454 e. The van der Waals surface area contributed by atoms with E-state index < -0.39 is 0 Å². The van der Waals surface area contributed by atoms with Gasteiger partial charge < -0.3 is 19.1 Å². The van der Waals surface area contributed by atoms with Crippen molar-refractivity contribution in [2.75, 3.05) is 24.8 Å². The predicted molar refractivity (Wildman–Crippen MR) is 149 cm³/mol. The van der Waals surface area contributed by atoms with Gasteiger partial charge in [-0.1, -0.05) is 30.0 Å². The molecule has 0 spiro atoms. The van der Waals surface area contributed by atoms with E-state index in [1.807, 2.05) is 39.0 Å². The Bertz CT molecular complexity index is 1450. The number of amides is 1. The van der Waals surface area contributed by atoms with Gasteiger partial charge in [0, 0.05) is 25.2 Å². The predicted octanol–water partition coefficient (Wildman–Crippen LogP) is 3.79. The molecule has 5 rings (SSSR count). The molecule has 0 aliphatic carbocycles. The molecule has 11 heteroatoms.